The summed E-state index contributed by atoms with van der Waals surface area (Å²) in [5.74, 6) is 0.458. The van der Waals surface area contributed by atoms with Crippen molar-refractivity contribution < 1.29 is 9.53 Å². The van der Waals surface area contributed by atoms with E-state index in [4.69, 9.17) is 33.2 Å². The average molecular weight is 432 g/mol. The molecule has 0 aliphatic carbocycles. The molecule has 0 atom stereocenters. The molecule has 0 aliphatic rings. The van der Waals surface area contributed by atoms with Gasteiger partial charge in [0.25, 0.3) is 0 Å². The lowest BCUT2D eigenvalue weighted by atomic mass is 10.2. The van der Waals surface area contributed by atoms with Crippen molar-refractivity contribution in [2.45, 2.75) is 13.0 Å². The number of ether oxygens (including phenoxy) is 1. The maximum absolute atomic E-state index is 12.2. The van der Waals surface area contributed by atoms with Crippen molar-refractivity contribution in [2.24, 2.45) is 0 Å². The van der Waals surface area contributed by atoms with E-state index in [2.05, 4.69) is 10.3 Å². The summed E-state index contributed by atoms with van der Waals surface area (Å²) in [6.45, 7) is 0.349. The Balaban J connectivity index is 1.57. The Bertz CT molecular complexity index is 1030. The maximum atomic E-state index is 12.2. The van der Waals surface area contributed by atoms with Gasteiger partial charge in [0.05, 0.1) is 17.1 Å². The minimum Gasteiger partial charge on any atom is -0.479 e. The first-order chi connectivity index (χ1) is 13.5. The van der Waals surface area contributed by atoms with Gasteiger partial charge in [-0.15, -0.1) is 11.3 Å². The molecule has 0 fully saturated rings. The maximum Gasteiger partial charge on any atom is 0.226 e. The fraction of sp³-hybridized carbons (Fsp3) is 0.150. The number of nitrogens with one attached hydrogen (secondary N) is 1. The summed E-state index contributed by atoms with van der Waals surface area (Å²) < 4.78 is 5.26. The summed E-state index contributed by atoms with van der Waals surface area (Å²) in [6.07, 6.45) is 0.173. The summed E-state index contributed by atoms with van der Waals surface area (Å²) in [6, 6.07) is 14.4. The van der Waals surface area contributed by atoms with Gasteiger partial charge in [0.2, 0.25) is 5.91 Å². The normalized spacial score (nSPS) is 10.3. The molecule has 1 aromatic heterocycles. The summed E-state index contributed by atoms with van der Waals surface area (Å²) in [5, 5.41) is 15.1. The number of aromatic nitrogens is 1. The molecule has 1 heterocycles. The molecule has 28 heavy (non-hydrogen) atoms. The lowest BCUT2D eigenvalue weighted by Crippen LogP contribution is -2.24. The Morgan fingerprint density at radius 2 is 2.11 bits per heavy atom. The number of carbonyl (C=O) groups is 1. The third kappa shape index (κ3) is 5.46. The van der Waals surface area contributed by atoms with Crippen LogP contribution in [0.5, 0.6) is 5.75 Å². The van der Waals surface area contributed by atoms with E-state index in [-0.39, 0.29) is 18.9 Å². The molecule has 3 rings (SSSR count). The molecule has 5 nitrogen and oxygen atoms in total. The van der Waals surface area contributed by atoms with Crippen molar-refractivity contribution in [1.82, 2.24) is 10.3 Å². The molecule has 0 radical (unpaired) electrons. The Morgan fingerprint density at radius 3 is 2.89 bits per heavy atom. The van der Waals surface area contributed by atoms with Gasteiger partial charge in [0.1, 0.15) is 16.8 Å². The van der Waals surface area contributed by atoms with Crippen LogP contribution >= 0.6 is 34.5 Å². The first-order valence-corrected chi connectivity index (χ1v) is 9.94. The molecule has 0 saturated heterocycles. The zero-order valence-electron chi connectivity index (χ0n) is 14.6. The molecule has 0 saturated carbocycles. The van der Waals surface area contributed by atoms with Crippen LogP contribution in [0.25, 0.3) is 10.6 Å². The second-order valence-corrected chi connectivity index (χ2v) is 7.52. The molecule has 0 aliphatic heterocycles. The number of nitriles is 1. The molecule has 8 heteroatoms. The lowest BCUT2D eigenvalue weighted by Gasteiger charge is -2.07. The molecular weight excluding hydrogens is 417 g/mol. The van der Waals surface area contributed by atoms with Gasteiger partial charge in [-0.05, 0) is 35.9 Å². The van der Waals surface area contributed by atoms with E-state index >= 15 is 0 Å². The van der Waals surface area contributed by atoms with Crippen LogP contribution in [0.1, 0.15) is 11.3 Å². The molecule has 3 aromatic rings. The summed E-state index contributed by atoms with van der Waals surface area (Å²) in [4.78, 5) is 16.7. The smallest absolute Gasteiger partial charge is 0.226 e. The van der Waals surface area contributed by atoms with E-state index in [0.717, 1.165) is 16.1 Å². The molecule has 2 aromatic carbocycles. The SMILES string of the molecule is N#CCOc1cccc(CNC(=O)Cc2csc(-c3ccc(Cl)cc3Cl)n2)c1. The van der Waals surface area contributed by atoms with Gasteiger partial charge >= 0.3 is 0 Å². The number of halogens is 2. The standard InChI is InChI=1S/C20H15Cl2N3O2S/c21-14-4-5-17(18(22)9-14)20-25-15(12-28-20)10-19(26)24-11-13-2-1-3-16(8-13)27-7-6-23/h1-5,8-9,12H,7,10-11H2,(H,24,26). The quantitative estimate of drug-likeness (QED) is 0.578. The van der Waals surface area contributed by atoms with E-state index in [1.807, 2.05) is 29.6 Å². The Labute approximate surface area is 176 Å². The highest BCUT2D eigenvalue weighted by Gasteiger charge is 2.12. The van der Waals surface area contributed by atoms with Crippen LogP contribution in [0.15, 0.2) is 47.8 Å². The predicted molar refractivity (Wildman–Crippen MR) is 111 cm³/mol. The van der Waals surface area contributed by atoms with Gasteiger partial charge in [0, 0.05) is 22.5 Å². The Hall–Kier alpha value is -2.59. The van der Waals surface area contributed by atoms with Crippen molar-refractivity contribution in [2.75, 3.05) is 6.61 Å². The summed E-state index contributed by atoms with van der Waals surface area (Å²) in [5.41, 5.74) is 2.35. The first kappa shape index (κ1) is 20.2. The third-order valence-corrected chi connectivity index (χ3v) is 5.22. The van der Waals surface area contributed by atoms with Crippen molar-refractivity contribution in [3.63, 3.8) is 0 Å². The fourth-order valence-electron chi connectivity index (χ4n) is 2.46. The van der Waals surface area contributed by atoms with Gasteiger partial charge in [-0.3, -0.25) is 4.79 Å². The first-order valence-electron chi connectivity index (χ1n) is 8.30. The van der Waals surface area contributed by atoms with Crippen LogP contribution < -0.4 is 10.1 Å². The molecule has 0 spiro atoms. The van der Waals surface area contributed by atoms with E-state index < -0.39 is 0 Å². The molecular formula is C20H15Cl2N3O2S. The minimum absolute atomic E-state index is 0.0143. The van der Waals surface area contributed by atoms with Crippen LogP contribution in [0.2, 0.25) is 10.0 Å². The minimum atomic E-state index is -0.137. The zero-order valence-corrected chi connectivity index (χ0v) is 16.9. The number of carbonyl (C=O) groups excluding carboxylic acids is 1. The number of thiazole rings is 1. The van der Waals surface area contributed by atoms with Crippen molar-refractivity contribution in [3.8, 4) is 22.4 Å². The Kier molecular flexibility index (Phi) is 6.88. The number of amides is 1. The second kappa shape index (κ2) is 9.56. The van der Waals surface area contributed by atoms with Gasteiger partial charge < -0.3 is 10.1 Å². The van der Waals surface area contributed by atoms with Crippen LogP contribution in [0, 0.1) is 11.3 Å². The third-order valence-electron chi connectivity index (χ3n) is 3.75. The van der Waals surface area contributed by atoms with E-state index in [9.17, 15) is 4.79 Å². The number of hydrogen-bond acceptors (Lipinski definition) is 5. The Morgan fingerprint density at radius 1 is 1.25 bits per heavy atom. The molecule has 0 unspecified atom stereocenters. The van der Waals surface area contributed by atoms with Gasteiger partial charge in [-0.1, -0.05) is 35.3 Å². The summed E-state index contributed by atoms with van der Waals surface area (Å²) >= 11 is 13.6. The topological polar surface area (TPSA) is 75.0 Å². The van der Waals surface area contributed by atoms with Gasteiger partial charge in [0.15, 0.2) is 6.61 Å². The average Bonchev–Trinajstić information content (AvgIpc) is 3.13. The monoisotopic (exact) mass is 431 g/mol. The number of nitrogens with zero attached hydrogens (tertiary/aromatic N) is 2. The molecule has 1 N–H and O–H groups in total. The van der Waals surface area contributed by atoms with Crippen LogP contribution in [0.3, 0.4) is 0 Å². The number of benzene rings is 2. The number of rotatable bonds is 7. The lowest BCUT2D eigenvalue weighted by molar-refractivity contribution is -0.120. The molecule has 142 valence electrons. The highest BCUT2D eigenvalue weighted by molar-refractivity contribution is 7.13. The van der Waals surface area contributed by atoms with Gasteiger partial charge in [-0.25, -0.2) is 4.98 Å². The van der Waals surface area contributed by atoms with Crippen molar-refractivity contribution in [3.05, 3.63) is 69.1 Å². The van der Waals surface area contributed by atoms with E-state index in [0.29, 0.717) is 28.0 Å². The molecule has 1 amide bonds. The van der Waals surface area contributed by atoms with Gasteiger partial charge in [-0.2, -0.15) is 5.26 Å². The molecule has 0 bridgehead atoms. The zero-order chi connectivity index (χ0) is 19.9. The van der Waals surface area contributed by atoms with Crippen molar-refractivity contribution in [1.29, 1.82) is 5.26 Å². The fourth-order valence-corrected chi connectivity index (χ4v) is 3.88. The van der Waals surface area contributed by atoms with Crippen molar-refractivity contribution >= 4 is 40.4 Å². The highest BCUT2D eigenvalue weighted by Crippen LogP contribution is 2.32. The van der Waals surface area contributed by atoms with E-state index in [1.54, 1.807) is 24.3 Å². The highest BCUT2D eigenvalue weighted by atomic mass is 35.5. The van der Waals surface area contributed by atoms with Crippen LogP contribution in [-0.2, 0) is 17.8 Å². The van der Waals surface area contributed by atoms with Crippen LogP contribution in [0.4, 0.5) is 0 Å². The van der Waals surface area contributed by atoms with E-state index in [1.165, 1.54) is 11.3 Å². The largest absolute Gasteiger partial charge is 0.479 e. The summed E-state index contributed by atoms with van der Waals surface area (Å²) in [7, 11) is 0. The predicted octanol–water partition coefficient (Wildman–Crippen LogP) is 4.88. The second-order valence-electron chi connectivity index (χ2n) is 5.82. The van der Waals surface area contributed by atoms with Crippen LogP contribution in [-0.4, -0.2) is 17.5 Å². The number of hydrogen-bond donors (Lipinski definition) is 1.